The molecule has 0 atom stereocenters. The van der Waals surface area contributed by atoms with Crippen LogP contribution in [0.4, 0.5) is 0 Å². The lowest BCUT2D eigenvalue weighted by Crippen LogP contribution is -2.38. The van der Waals surface area contributed by atoms with Gasteiger partial charge in [0.15, 0.2) is 0 Å². The molecular formula is C11H11N3O4S2. The molecule has 2 aromatic heterocycles. The van der Waals surface area contributed by atoms with Crippen LogP contribution in [0.2, 0.25) is 0 Å². The number of nitrogens with zero attached hydrogens (tertiary/aromatic N) is 3. The van der Waals surface area contributed by atoms with Gasteiger partial charge in [0.25, 0.3) is 0 Å². The SMILES string of the molecule is O=C(O)c1sccc1S(=O)(=O)N1CCn2ccnc2C1. The highest BCUT2D eigenvalue weighted by molar-refractivity contribution is 7.89. The number of hydrogen-bond acceptors (Lipinski definition) is 5. The lowest BCUT2D eigenvalue weighted by Gasteiger charge is -2.26. The van der Waals surface area contributed by atoms with E-state index in [4.69, 9.17) is 5.11 Å². The number of imidazole rings is 1. The number of fused-ring (bicyclic) bond motifs is 1. The lowest BCUT2D eigenvalue weighted by molar-refractivity contribution is 0.0698. The van der Waals surface area contributed by atoms with Crippen LogP contribution >= 0.6 is 11.3 Å². The second kappa shape index (κ2) is 4.69. The topological polar surface area (TPSA) is 92.5 Å². The van der Waals surface area contributed by atoms with Crippen molar-refractivity contribution < 1.29 is 18.3 Å². The van der Waals surface area contributed by atoms with Gasteiger partial charge in [-0.2, -0.15) is 4.31 Å². The van der Waals surface area contributed by atoms with Crippen LogP contribution in [0.3, 0.4) is 0 Å². The van der Waals surface area contributed by atoms with Gasteiger partial charge < -0.3 is 9.67 Å². The summed E-state index contributed by atoms with van der Waals surface area (Å²) in [6.07, 6.45) is 3.42. The molecule has 0 bridgehead atoms. The van der Waals surface area contributed by atoms with E-state index >= 15 is 0 Å². The fourth-order valence-electron chi connectivity index (χ4n) is 2.15. The predicted molar refractivity (Wildman–Crippen MR) is 71.1 cm³/mol. The van der Waals surface area contributed by atoms with E-state index < -0.39 is 16.0 Å². The van der Waals surface area contributed by atoms with E-state index in [1.54, 1.807) is 12.4 Å². The molecule has 0 aliphatic carbocycles. The second-order valence-corrected chi connectivity index (χ2v) is 7.12. The van der Waals surface area contributed by atoms with Crippen molar-refractivity contribution in [1.82, 2.24) is 13.9 Å². The number of thiophene rings is 1. The molecule has 0 radical (unpaired) electrons. The zero-order valence-corrected chi connectivity index (χ0v) is 11.9. The van der Waals surface area contributed by atoms with E-state index in [1.807, 2.05) is 4.57 Å². The molecule has 7 nitrogen and oxygen atoms in total. The number of carbonyl (C=O) groups is 1. The molecule has 1 N–H and O–H groups in total. The van der Waals surface area contributed by atoms with Crippen molar-refractivity contribution in [2.24, 2.45) is 0 Å². The van der Waals surface area contributed by atoms with Crippen molar-refractivity contribution >= 4 is 27.3 Å². The molecule has 106 valence electrons. The summed E-state index contributed by atoms with van der Waals surface area (Å²) < 4.78 is 28.2. The summed E-state index contributed by atoms with van der Waals surface area (Å²) in [5.74, 6) is -0.566. The highest BCUT2D eigenvalue weighted by Gasteiger charge is 2.32. The summed E-state index contributed by atoms with van der Waals surface area (Å²) in [4.78, 5) is 14.9. The summed E-state index contributed by atoms with van der Waals surface area (Å²) in [5.41, 5.74) is 0. The van der Waals surface area contributed by atoms with E-state index in [-0.39, 0.29) is 16.3 Å². The van der Waals surface area contributed by atoms with E-state index in [0.29, 0.717) is 18.9 Å². The number of aromatic nitrogens is 2. The van der Waals surface area contributed by atoms with Crippen LogP contribution < -0.4 is 0 Å². The molecule has 3 rings (SSSR count). The number of carboxylic acid groups (broad SMARTS) is 1. The van der Waals surface area contributed by atoms with Crippen molar-refractivity contribution in [2.75, 3.05) is 6.54 Å². The molecule has 20 heavy (non-hydrogen) atoms. The molecule has 0 aromatic carbocycles. The van der Waals surface area contributed by atoms with Crippen molar-refractivity contribution in [1.29, 1.82) is 0 Å². The minimum Gasteiger partial charge on any atom is -0.477 e. The first-order valence-electron chi connectivity index (χ1n) is 5.81. The molecule has 1 aliphatic heterocycles. The Hall–Kier alpha value is -1.71. The summed E-state index contributed by atoms with van der Waals surface area (Å²) in [7, 11) is -3.81. The molecular weight excluding hydrogens is 302 g/mol. The van der Waals surface area contributed by atoms with Gasteiger partial charge in [-0.25, -0.2) is 18.2 Å². The monoisotopic (exact) mass is 313 g/mol. The molecule has 2 aromatic rings. The summed E-state index contributed by atoms with van der Waals surface area (Å²) in [6.45, 7) is 0.978. The normalized spacial score (nSPS) is 16.0. The predicted octanol–water partition coefficient (Wildman–Crippen LogP) is 0.847. The summed E-state index contributed by atoms with van der Waals surface area (Å²) in [5, 5.41) is 10.5. The average molecular weight is 313 g/mol. The van der Waals surface area contributed by atoms with Crippen molar-refractivity contribution in [3.63, 3.8) is 0 Å². The van der Waals surface area contributed by atoms with E-state index in [1.165, 1.54) is 15.8 Å². The maximum absolute atomic E-state index is 12.5. The number of hydrogen-bond donors (Lipinski definition) is 1. The summed E-state index contributed by atoms with van der Waals surface area (Å²) >= 11 is 0.910. The molecule has 0 fully saturated rings. The van der Waals surface area contributed by atoms with Gasteiger partial charge in [-0.3, -0.25) is 0 Å². The van der Waals surface area contributed by atoms with Gasteiger partial charge in [0.2, 0.25) is 10.0 Å². The Morgan fingerprint density at radius 1 is 1.40 bits per heavy atom. The number of sulfonamides is 1. The van der Waals surface area contributed by atoms with Crippen LogP contribution in [-0.2, 0) is 23.1 Å². The van der Waals surface area contributed by atoms with Gasteiger partial charge in [-0.1, -0.05) is 0 Å². The van der Waals surface area contributed by atoms with Gasteiger partial charge in [0.05, 0.1) is 6.54 Å². The lowest BCUT2D eigenvalue weighted by atomic mass is 10.4. The van der Waals surface area contributed by atoms with Gasteiger partial charge in [-0.15, -0.1) is 11.3 Å². The largest absolute Gasteiger partial charge is 0.477 e. The maximum Gasteiger partial charge on any atom is 0.347 e. The average Bonchev–Trinajstić information content (AvgIpc) is 3.06. The molecule has 9 heteroatoms. The van der Waals surface area contributed by atoms with Crippen LogP contribution in [0, 0.1) is 0 Å². The smallest absolute Gasteiger partial charge is 0.347 e. The first-order valence-corrected chi connectivity index (χ1v) is 8.13. The van der Waals surface area contributed by atoms with E-state index in [2.05, 4.69) is 4.98 Å². The van der Waals surface area contributed by atoms with Crippen molar-refractivity contribution in [3.05, 3.63) is 34.5 Å². The van der Waals surface area contributed by atoms with E-state index in [9.17, 15) is 13.2 Å². The van der Waals surface area contributed by atoms with Crippen LogP contribution in [0.25, 0.3) is 0 Å². The van der Waals surface area contributed by atoms with Crippen LogP contribution in [0.15, 0.2) is 28.7 Å². The Labute approximate surface area is 119 Å². The molecule has 0 spiro atoms. The fraction of sp³-hybridized carbons (Fsp3) is 0.273. The van der Waals surface area contributed by atoms with E-state index in [0.717, 1.165) is 11.3 Å². The number of carboxylic acids is 1. The maximum atomic E-state index is 12.5. The molecule has 0 saturated heterocycles. The zero-order chi connectivity index (χ0) is 14.3. The molecule has 0 amide bonds. The third-order valence-electron chi connectivity index (χ3n) is 3.15. The van der Waals surface area contributed by atoms with Crippen LogP contribution in [0.1, 0.15) is 15.5 Å². The Balaban J connectivity index is 1.97. The molecule has 0 saturated carbocycles. The fourth-order valence-corrected chi connectivity index (χ4v) is 4.77. The highest BCUT2D eigenvalue weighted by Crippen LogP contribution is 2.27. The minimum absolute atomic E-state index is 0.144. The number of aromatic carboxylic acids is 1. The van der Waals surface area contributed by atoms with Gasteiger partial charge >= 0.3 is 5.97 Å². The minimum atomic E-state index is -3.81. The first-order chi connectivity index (χ1) is 9.50. The van der Waals surface area contributed by atoms with Gasteiger partial charge in [0, 0.05) is 25.5 Å². The number of rotatable bonds is 3. The third kappa shape index (κ3) is 2.03. The van der Waals surface area contributed by atoms with Crippen molar-refractivity contribution in [3.8, 4) is 0 Å². The summed E-state index contributed by atoms with van der Waals surface area (Å²) in [6, 6.07) is 1.34. The second-order valence-electron chi connectivity index (χ2n) is 4.29. The highest BCUT2D eigenvalue weighted by atomic mass is 32.2. The van der Waals surface area contributed by atoms with Gasteiger partial charge in [0.1, 0.15) is 15.6 Å². The van der Waals surface area contributed by atoms with Crippen LogP contribution in [0.5, 0.6) is 0 Å². The molecule has 0 unspecified atom stereocenters. The van der Waals surface area contributed by atoms with Crippen molar-refractivity contribution in [2.45, 2.75) is 18.0 Å². The Morgan fingerprint density at radius 3 is 2.95 bits per heavy atom. The molecule has 3 heterocycles. The third-order valence-corrected chi connectivity index (χ3v) is 6.07. The molecule has 1 aliphatic rings. The Kier molecular flexibility index (Phi) is 3.11. The standard InChI is InChI=1S/C11H11N3O4S2/c15-11(16)10-8(1-6-19-10)20(17,18)14-5-4-13-3-2-12-9(13)7-14/h1-3,6H,4-5,7H2,(H,15,16). The Morgan fingerprint density at radius 2 is 2.20 bits per heavy atom. The van der Waals surface area contributed by atoms with Gasteiger partial charge in [-0.05, 0) is 11.4 Å². The Bertz CT molecular complexity index is 762. The van der Waals surface area contributed by atoms with Crippen LogP contribution in [-0.4, -0.2) is 39.9 Å². The first kappa shape index (κ1) is 13.3. The zero-order valence-electron chi connectivity index (χ0n) is 10.3. The quantitative estimate of drug-likeness (QED) is 0.906.